The van der Waals surface area contributed by atoms with Crippen LogP contribution in [0.3, 0.4) is 0 Å². The molecule has 5 nitrogen and oxygen atoms in total. The summed E-state index contributed by atoms with van der Waals surface area (Å²) in [5.41, 5.74) is 5.34. The predicted octanol–water partition coefficient (Wildman–Crippen LogP) is 5.24. The summed E-state index contributed by atoms with van der Waals surface area (Å²) in [5, 5.41) is 7.25. The van der Waals surface area contributed by atoms with Gasteiger partial charge in [-0.1, -0.05) is 24.3 Å². The number of anilines is 3. The Morgan fingerprint density at radius 2 is 1.71 bits per heavy atom. The van der Waals surface area contributed by atoms with E-state index in [4.69, 9.17) is 0 Å². The SMILES string of the molecule is Cc1ccc(NC(=O)c2ccnc(Nc3cccc4cccnc34)c2)cc1C. The van der Waals surface area contributed by atoms with Gasteiger partial charge in [0, 0.05) is 29.0 Å². The minimum atomic E-state index is -0.176. The van der Waals surface area contributed by atoms with Gasteiger partial charge in [-0.15, -0.1) is 0 Å². The topological polar surface area (TPSA) is 66.9 Å². The number of rotatable bonds is 4. The number of hydrogen-bond donors (Lipinski definition) is 2. The van der Waals surface area contributed by atoms with Crippen molar-refractivity contribution in [1.82, 2.24) is 9.97 Å². The Bertz CT molecular complexity index is 1160. The molecule has 4 rings (SSSR count). The summed E-state index contributed by atoms with van der Waals surface area (Å²) < 4.78 is 0. The molecule has 0 radical (unpaired) electrons. The molecule has 138 valence electrons. The van der Waals surface area contributed by atoms with Crippen molar-refractivity contribution < 1.29 is 4.79 Å². The van der Waals surface area contributed by atoms with Crippen molar-refractivity contribution in [3.05, 3.63) is 89.7 Å². The summed E-state index contributed by atoms with van der Waals surface area (Å²) >= 11 is 0. The van der Waals surface area contributed by atoms with Crippen LogP contribution in [0.25, 0.3) is 10.9 Å². The fourth-order valence-electron chi connectivity index (χ4n) is 3.01. The summed E-state index contributed by atoms with van der Waals surface area (Å²) in [7, 11) is 0. The lowest BCUT2D eigenvalue weighted by Crippen LogP contribution is -2.12. The van der Waals surface area contributed by atoms with Crippen LogP contribution in [0.5, 0.6) is 0 Å². The fraction of sp³-hybridized carbons (Fsp3) is 0.0870. The lowest BCUT2D eigenvalue weighted by molar-refractivity contribution is 0.102. The lowest BCUT2D eigenvalue weighted by atomic mass is 10.1. The van der Waals surface area contributed by atoms with E-state index in [0.29, 0.717) is 11.4 Å². The van der Waals surface area contributed by atoms with E-state index >= 15 is 0 Å². The molecule has 0 aliphatic rings. The van der Waals surface area contributed by atoms with Crippen LogP contribution in [0.15, 0.2) is 73.1 Å². The van der Waals surface area contributed by atoms with Gasteiger partial charge in [0.25, 0.3) is 5.91 Å². The van der Waals surface area contributed by atoms with Crippen molar-refractivity contribution in [1.29, 1.82) is 0 Å². The summed E-state index contributed by atoms with van der Waals surface area (Å²) in [5.74, 6) is 0.413. The molecule has 0 saturated heterocycles. The van der Waals surface area contributed by atoms with E-state index in [1.54, 1.807) is 24.5 Å². The molecule has 0 saturated carbocycles. The number of nitrogens with zero attached hydrogens (tertiary/aromatic N) is 2. The monoisotopic (exact) mass is 368 g/mol. The van der Waals surface area contributed by atoms with Gasteiger partial charge in [-0.2, -0.15) is 0 Å². The zero-order valence-electron chi connectivity index (χ0n) is 15.7. The second kappa shape index (κ2) is 7.48. The van der Waals surface area contributed by atoms with Gasteiger partial charge in [0.1, 0.15) is 5.82 Å². The summed E-state index contributed by atoms with van der Waals surface area (Å²) in [6.07, 6.45) is 3.38. The van der Waals surface area contributed by atoms with E-state index in [9.17, 15) is 4.79 Å². The van der Waals surface area contributed by atoms with Crippen LogP contribution >= 0.6 is 0 Å². The smallest absolute Gasteiger partial charge is 0.255 e. The Labute approximate surface area is 163 Å². The highest BCUT2D eigenvalue weighted by atomic mass is 16.1. The molecule has 0 spiro atoms. The number of carbonyl (C=O) groups excluding carboxylic acids is 1. The molecule has 0 fully saturated rings. The van der Waals surface area contributed by atoms with Crippen LogP contribution in [0.2, 0.25) is 0 Å². The van der Waals surface area contributed by atoms with Gasteiger partial charge in [-0.05, 0) is 61.4 Å². The van der Waals surface area contributed by atoms with Gasteiger partial charge in [-0.25, -0.2) is 4.98 Å². The Hall–Kier alpha value is -3.73. The second-order valence-electron chi connectivity index (χ2n) is 6.69. The van der Waals surface area contributed by atoms with E-state index in [2.05, 4.69) is 20.6 Å². The second-order valence-corrected chi connectivity index (χ2v) is 6.69. The average molecular weight is 368 g/mol. The lowest BCUT2D eigenvalue weighted by Gasteiger charge is -2.10. The summed E-state index contributed by atoms with van der Waals surface area (Å²) in [6, 6.07) is 19.1. The fourth-order valence-corrected chi connectivity index (χ4v) is 3.01. The number of nitrogens with one attached hydrogen (secondary N) is 2. The number of aromatic nitrogens is 2. The van der Waals surface area contributed by atoms with Gasteiger partial charge >= 0.3 is 0 Å². The molecule has 2 aromatic heterocycles. The highest BCUT2D eigenvalue weighted by molar-refractivity contribution is 6.04. The van der Waals surface area contributed by atoms with E-state index in [-0.39, 0.29) is 5.91 Å². The van der Waals surface area contributed by atoms with Crippen LogP contribution in [0.1, 0.15) is 21.5 Å². The van der Waals surface area contributed by atoms with E-state index in [0.717, 1.165) is 27.8 Å². The Kier molecular flexibility index (Phi) is 4.72. The first-order valence-electron chi connectivity index (χ1n) is 9.05. The molecule has 0 unspecified atom stereocenters. The highest BCUT2D eigenvalue weighted by Crippen LogP contribution is 2.24. The molecule has 2 aromatic carbocycles. The molecule has 4 aromatic rings. The Morgan fingerprint density at radius 1 is 0.857 bits per heavy atom. The number of pyridine rings is 2. The number of aryl methyl sites for hydroxylation is 2. The number of benzene rings is 2. The molecule has 2 N–H and O–H groups in total. The maximum atomic E-state index is 12.6. The number of amides is 1. The molecular formula is C23H20N4O. The third-order valence-corrected chi connectivity index (χ3v) is 4.68. The summed E-state index contributed by atoms with van der Waals surface area (Å²) in [4.78, 5) is 21.4. The maximum absolute atomic E-state index is 12.6. The quantitative estimate of drug-likeness (QED) is 0.517. The van der Waals surface area contributed by atoms with E-state index in [1.807, 2.05) is 62.4 Å². The minimum absolute atomic E-state index is 0.176. The molecule has 2 heterocycles. The summed E-state index contributed by atoms with van der Waals surface area (Å²) in [6.45, 7) is 4.07. The predicted molar refractivity (Wildman–Crippen MR) is 113 cm³/mol. The Balaban J connectivity index is 1.57. The van der Waals surface area contributed by atoms with Crippen molar-refractivity contribution in [2.24, 2.45) is 0 Å². The first-order chi connectivity index (χ1) is 13.6. The van der Waals surface area contributed by atoms with Gasteiger partial charge in [0.2, 0.25) is 0 Å². The van der Waals surface area contributed by atoms with E-state index in [1.165, 1.54) is 5.56 Å². The molecule has 0 atom stereocenters. The largest absolute Gasteiger partial charge is 0.338 e. The van der Waals surface area contributed by atoms with Crippen LogP contribution in [0.4, 0.5) is 17.2 Å². The highest BCUT2D eigenvalue weighted by Gasteiger charge is 2.09. The standard InChI is InChI=1S/C23H20N4O/c1-15-8-9-19(13-16(15)2)26-23(28)18-10-12-24-21(14-18)27-20-7-3-5-17-6-4-11-25-22(17)20/h3-14H,1-2H3,(H,24,27)(H,26,28). The Morgan fingerprint density at radius 3 is 2.57 bits per heavy atom. The van der Waals surface area contributed by atoms with Gasteiger partial charge < -0.3 is 10.6 Å². The van der Waals surface area contributed by atoms with Crippen molar-refractivity contribution in [3.63, 3.8) is 0 Å². The van der Waals surface area contributed by atoms with Crippen LogP contribution in [-0.2, 0) is 0 Å². The maximum Gasteiger partial charge on any atom is 0.255 e. The van der Waals surface area contributed by atoms with Crippen molar-refractivity contribution in [2.45, 2.75) is 13.8 Å². The molecule has 0 bridgehead atoms. The number of carbonyl (C=O) groups is 1. The van der Waals surface area contributed by atoms with Crippen LogP contribution < -0.4 is 10.6 Å². The van der Waals surface area contributed by atoms with Crippen molar-refractivity contribution >= 4 is 34.0 Å². The average Bonchev–Trinajstić information content (AvgIpc) is 2.71. The third kappa shape index (κ3) is 3.69. The zero-order valence-corrected chi connectivity index (χ0v) is 15.7. The van der Waals surface area contributed by atoms with Crippen LogP contribution in [-0.4, -0.2) is 15.9 Å². The molecule has 0 aliphatic heterocycles. The molecule has 0 aliphatic carbocycles. The molecule has 1 amide bonds. The van der Waals surface area contributed by atoms with Crippen molar-refractivity contribution in [2.75, 3.05) is 10.6 Å². The van der Waals surface area contributed by atoms with Gasteiger partial charge in [0.15, 0.2) is 0 Å². The normalized spacial score (nSPS) is 10.6. The zero-order chi connectivity index (χ0) is 19.5. The van der Waals surface area contributed by atoms with Gasteiger partial charge in [-0.3, -0.25) is 9.78 Å². The first-order valence-corrected chi connectivity index (χ1v) is 9.05. The van der Waals surface area contributed by atoms with E-state index < -0.39 is 0 Å². The molecular weight excluding hydrogens is 348 g/mol. The number of para-hydroxylation sites is 1. The first kappa shape index (κ1) is 17.7. The number of fused-ring (bicyclic) bond motifs is 1. The third-order valence-electron chi connectivity index (χ3n) is 4.68. The minimum Gasteiger partial charge on any atom is -0.338 e. The molecule has 28 heavy (non-hydrogen) atoms. The van der Waals surface area contributed by atoms with Gasteiger partial charge in [0.05, 0.1) is 11.2 Å². The molecule has 5 heteroatoms. The number of hydrogen-bond acceptors (Lipinski definition) is 4. The van der Waals surface area contributed by atoms with Crippen molar-refractivity contribution in [3.8, 4) is 0 Å². The van der Waals surface area contributed by atoms with Crippen LogP contribution in [0, 0.1) is 13.8 Å².